The van der Waals surface area contributed by atoms with E-state index in [4.69, 9.17) is 0 Å². The normalized spacial score (nSPS) is 38.5. The Morgan fingerprint density at radius 3 is 2.17 bits per heavy atom. The average molecular weight is 174 g/mol. The number of hydrogen-bond donors (Lipinski definition) is 2. The van der Waals surface area contributed by atoms with E-state index in [9.17, 15) is 10.4 Å². The molecule has 0 saturated carbocycles. The van der Waals surface area contributed by atoms with Crippen molar-refractivity contribution >= 4 is 0 Å². The lowest BCUT2D eigenvalue weighted by molar-refractivity contribution is -0.284. The molecule has 0 bridgehead atoms. The first-order chi connectivity index (χ1) is 5.36. The highest BCUT2D eigenvalue weighted by atomic mass is 16.5. The van der Waals surface area contributed by atoms with Gasteiger partial charge in [0.05, 0.1) is 11.6 Å². The molecule has 2 atom stereocenters. The van der Waals surface area contributed by atoms with Gasteiger partial charge in [-0.1, -0.05) is 0 Å². The second-order valence-corrected chi connectivity index (χ2v) is 4.24. The molecule has 1 aliphatic heterocycles. The standard InChI is InChI=1S/C8H18N2O2/c1-6-7(2)10(12)8(3,4)5-9(6)11/h6-7,11-12H,5H2,1-4H3/t6-,7-/m1/s1. The number of nitrogens with zero attached hydrogens (tertiary/aromatic N) is 2. The Balaban J connectivity index is 2.78. The fourth-order valence-electron chi connectivity index (χ4n) is 1.62. The summed E-state index contributed by atoms with van der Waals surface area (Å²) in [6.07, 6.45) is 0. The molecule has 0 amide bonds. The van der Waals surface area contributed by atoms with Crippen LogP contribution in [0.2, 0.25) is 0 Å². The topological polar surface area (TPSA) is 46.9 Å². The van der Waals surface area contributed by atoms with Gasteiger partial charge < -0.3 is 10.4 Å². The molecule has 1 rings (SSSR count). The Hall–Kier alpha value is -0.160. The largest absolute Gasteiger partial charge is 0.314 e. The minimum atomic E-state index is -0.374. The van der Waals surface area contributed by atoms with Gasteiger partial charge in [0.15, 0.2) is 0 Å². The van der Waals surface area contributed by atoms with E-state index >= 15 is 0 Å². The lowest BCUT2D eigenvalue weighted by Crippen LogP contribution is -2.64. The van der Waals surface area contributed by atoms with Crippen molar-refractivity contribution in [3.05, 3.63) is 0 Å². The molecule has 1 fully saturated rings. The van der Waals surface area contributed by atoms with Crippen molar-refractivity contribution in [2.24, 2.45) is 0 Å². The maximum Gasteiger partial charge on any atom is 0.0558 e. The molecule has 2 N–H and O–H groups in total. The van der Waals surface area contributed by atoms with Crippen molar-refractivity contribution in [3.8, 4) is 0 Å². The smallest absolute Gasteiger partial charge is 0.0558 e. The molecule has 4 nitrogen and oxygen atoms in total. The first kappa shape index (κ1) is 9.92. The quantitative estimate of drug-likeness (QED) is 0.573. The van der Waals surface area contributed by atoms with Gasteiger partial charge in [-0.05, 0) is 27.7 Å². The molecule has 1 heterocycles. The predicted molar refractivity (Wildman–Crippen MR) is 45.1 cm³/mol. The number of piperazine rings is 1. The molecular weight excluding hydrogens is 156 g/mol. The molecule has 0 aliphatic carbocycles. The van der Waals surface area contributed by atoms with Crippen molar-refractivity contribution in [1.82, 2.24) is 10.1 Å². The first-order valence-corrected chi connectivity index (χ1v) is 4.30. The van der Waals surface area contributed by atoms with Crippen LogP contribution in [0.4, 0.5) is 0 Å². The highest BCUT2D eigenvalue weighted by Crippen LogP contribution is 2.25. The Morgan fingerprint density at radius 1 is 1.17 bits per heavy atom. The number of rotatable bonds is 0. The molecule has 0 aromatic carbocycles. The van der Waals surface area contributed by atoms with E-state index in [-0.39, 0.29) is 17.6 Å². The SMILES string of the molecule is C[C@@H]1[C@@H](C)N(O)C(C)(C)CN1O. The second-order valence-electron chi connectivity index (χ2n) is 4.24. The summed E-state index contributed by atoms with van der Waals surface area (Å²) < 4.78 is 0. The highest BCUT2D eigenvalue weighted by molar-refractivity contribution is 4.91. The van der Waals surface area contributed by atoms with E-state index in [1.54, 1.807) is 0 Å². The van der Waals surface area contributed by atoms with Crippen LogP contribution in [-0.4, -0.2) is 44.7 Å². The lowest BCUT2D eigenvalue weighted by atomic mass is 9.96. The number of hydrogen-bond acceptors (Lipinski definition) is 4. The molecule has 0 aromatic heterocycles. The van der Waals surface area contributed by atoms with Gasteiger partial charge in [-0.2, -0.15) is 10.1 Å². The van der Waals surface area contributed by atoms with Crippen LogP contribution in [0.15, 0.2) is 0 Å². The van der Waals surface area contributed by atoms with Gasteiger partial charge in [0, 0.05) is 12.6 Å². The van der Waals surface area contributed by atoms with Crippen molar-refractivity contribution in [2.75, 3.05) is 6.54 Å². The zero-order valence-corrected chi connectivity index (χ0v) is 8.15. The summed E-state index contributed by atoms with van der Waals surface area (Å²) in [6, 6.07) is -0.0678. The molecule has 12 heavy (non-hydrogen) atoms. The molecular formula is C8H18N2O2. The molecule has 0 aromatic rings. The number of hydroxylamine groups is 4. The van der Waals surface area contributed by atoms with Crippen molar-refractivity contribution in [1.29, 1.82) is 0 Å². The minimum Gasteiger partial charge on any atom is -0.314 e. The predicted octanol–water partition coefficient (Wildman–Crippen LogP) is 0.938. The summed E-state index contributed by atoms with van der Waals surface area (Å²) in [7, 11) is 0. The summed E-state index contributed by atoms with van der Waals surface area (Å²) in [5, 5.41) is 21.8. The van der Waals surface area contributed by atoms with E-state index in [0.29, 0.717) is 6.54 Å². The van der Waals surface area contributed by atoms with Crippen LogP contribution in [-0.2, 0) is 0 Å². The van der Waals surface area contributed by atoms with Gasteiger partial charge in [-0.3, -0.25) is 0 Å². The van der Waals surface area contributed by atoms with E-state index in [1.807, 2.05) is 27.7 Å². The summed E-state index contributed by atoms with van der Waals surface area (Å²) >= 11 is 0. The molecule has 0 unspecified atom stereocenters. The average Bonchev–Trinajstić information content (AvgIpc) is 1.97. The van der Waals surface area contributed by atoms with Gasteiger partial charge in [-0.15, -0.1) is 0 Å². The fraction of sp³-hybridized carbons (Fsp3) is 1.00. The monoisotopic (exact) mass is 174 g/mol. The van der Waals surface area contributed by atoms with Crippen molar-refractivity contribution in [3.63, 3.8) is 0 Å². The zero-order valence-electron chi connectivity index (χ0n) is 8.15. The van der Waals surface area contributed by atoms with Crippen LogP contribution in [0.3, 0.4) is 0 Å². The van der Waals surface area contributed by atoms with E-state index in [2.05, 4.69) is 0 Å². The minimum absolute atomic E-state index is 0.0250. The van der Waals surface area contributed by atoms with Crippen molar-refractivity contribution in [2.45, 2.75) is 45.3 Å². The molecule has 1 aliphatic rings. The Labute approximate surface area is 73.3 Å². The summed E-state index contributed by atoms with van der Waals surface area (Å²) in [4.78, 5) is 0. The second kappa shape index (κ2) is 2.96. The first-order valence-electron chi connectivity index (χ1n) is 4.30. The fourth-order valence-corrected chi connectivity index (χ4v) is 1.62. The maximum atomic E-state index is 9.69. The van der Waals surface area contributed by atoms with Gasteiger partial charge in [0.1, 0.15) is 0 Å². The lowest BCUT2D eigenvalue weighted by Gasteiger charge is -2.48. The molecule has 1 saturated heterocycles. The van der Waals surface area contributed by atoms with Crippen LogP contribution in [0, 0.1) is 0 Å². The molecule has 72 valence electrons. The van der Waals surface area contributed by atoms with E-state index in [1.165, 1.54) is 10.1 Å². The van der Waals surface area contributed by atoms with Crippen LogP contribution in [0.25, 0.3) is 0 Å². The summed E-state index contributed by atoms with van der Waals surface area (Å²) in [5.41, 5.74) is -0.374. The van der Waals surface area contributed by atoms with Crippen LogP contribution in [0.5, 0.6) is 0 Å². The molecule has 4 heteroatoms. The van der Waals surface area contributed by atoms with Gasteiger partial charge in [0.25, 0.3) is 0 Å². The third kappa shape index (κ3) is 1.47. The Morgan fingerprint density at radius 2 is 1.67 bits per heavy atom. The van der Waals surface area contributed by atoms with Crippen LogP contribution < -0.4 is 0 Å². The molecule has 0 spiro atoms. The van der Waals surface area contributed by atoms with Crippen LogP contribution >= 0.6 is 0 Å². The summed E-state index contributed by atoms with van der Waals surface area (Å²) in [5.74, 6) is 0. The Bertz CT molecular complexity index is 172. The summed E-state index contributed by atoms with van der Waals surface area (Å²) in [6.45, 7) is 8.06. The third-order valence-corrected chi connectivity index (χ3v) is 2.72. The van der Waals surface area contributed by atoms with E-state index in [0.717, 1.165) is 0 Å². The van der Waals surface area contributed by atoms with E-state index < -0.39 is 0 Å². The van der Waals surface area contributed by atoms with Crippen LogP contribution in [0.1, 0.15) is 27.7 Å². The third-order valence-electron chi connectivity index (χ3n) is 2.72. The Kier molecular flexibility index (Phi) is 2.45. The zero-order chi connectivity index (χ0) is 9.52. The van der Waals surface area contributed by atoms with Gasteiger partial charge >= 0.3 is 0 Å². The highest BCUT2D eigenvalue weighted by Gasteiger charge is 2.41. The van der Waals surface area contributed by atoms with Gasteiger partial charge in [-0.25, -0.2) is 0 Å². The maximum absolute atomic E-state index is 9.69. The van der Waals surface area contributed by atoms with Gasteiger partial charge in [0.2, 0.25) is 0 Å². The molecule has 0 radical (unpaired) electrons. The van der Waals surface area contributed by atoms with Crippen molar-refractivity contribution < 1.29 is 10.4 Å².